The molecule has 0 atom stereocenters. The van der Waals surface area contributed by atoms with E-state index in [4.69, 9.17) is 9.47 Å². The Morgan fingerprint density at radius 1 is 1.17 bits per heavy atom. The van der Waals surface area contributed by atoms with E-state index >= 15 is 0 Å². The van der Waals surface area contributed by atoms with Gasteiger partial charge in [-0.05, 0) is 35.9 Å². The number of hydrogen-bond acceptors (Lipinski definition) is 6. The second kappa shape index (κ2) is 8.14. The summed E-state index contributed by atoms with van der Waals surface area (Å²) in [7, 11) is 3.13. The van der Waals surface area contributed by atoms with Crippen LogP contribution in [-0.2, 0) is 11.2 Å². The molecule has 29 heavy (non-hydrogen) atoms. The Bertz CT molecular complexity index is 1120. The van der Waals surface area contributed by atoms with Crippen LogP contribution in [0.3, 0.4) is 0 Å². The number of fused-ring (bicyclic) bond motifs is 1. The van der Waals surface area contributed by atoms with Crippen LogP contribution in [0, 0.1) is 0 Å². The van der Waals surface area contributed by atoms with Gasteiger partial charge in [0.15, 0.2) is 18.1 Å². The summed E-state index contributed by atoms with van der Waals surface area (Å²) in [6.45, 7) is -0.0680. The normalized spacial score (nSPS) is 13.2. The molecule has 2 N–H and O–H groups in total. The number of aromatic amines is 1. The van der Waals surface area contributed by atoms with Gasteiger partial charge in [0.25, 0.3) is 5.91 Å². The maximum absolute atomic E-state index is 11.4. The highest BCUT2D eigenvalue weighted by atomic mass is 16.5. The number of H-pyrrole nitrogens is 1. The monoisotopic (exact) mass is 391 g/mol. The number of hydrogen-bond donors (Lipinski definition) is 2. The summed E-state index contributed by atoms with van der Waals surface area (Å²) >= 11 is 0. The lowest BCUT2D eigenvalue weighted by atomic mass is 10.00. The number of carbonyl (C=O) groups is 1. The van der Waals surface area contributed by atoms with Gasteiger partial charge < -0.3 is 14.8 Å². The summed E-state index contributed by atoms with van der Waals surface area (Å²) < 4.78 is 10.9. The van der Waals surface area contributed by atoms with Crippen LogP contribution in [0.1, 0.15) is 17.5 Å². The van der Waals surface area contributed by atoms with E-state index < -0.39 is 0 Å². The molecule has 0 saturated carbocycles. The molecular weight excluding hydrogens is 370 g/mol. The van der Waals surface area contributed by atoms with Crippen molar-refractivity contribution < 1.29 is 14.3 Å². The SMILES string of the molecule is CNC(=O)COc1ccc(C2=NN=C(Cc3ccc4[nH]ncc4c3)C2)cc1OC. The lowest BCUT2D eigenvalue weighted by Crippen LogP contribution is -2.24. The first-order chi connectivity index (χ1) is 14.2. The average Bonchev–Trinajstić information content (AvgIpc) is 3.41. The predicted octanol–water partition coefficient (Wildman–Crippen LogP) is 2.49. The third-order valence-corrected chi connectivity index (χ3v) is 4.73. The Morgan fingerprint density at radius 3 is 2.90 bits per heavy atom. The summed E-state index contributed by atoms with van der Waals surface area (Å²) in [5, 5.41) is 19.3. The van der Waals surface area contributed by atoms with Gasteiger partial charge in [-0.25, -0.2) is 0 Å². The summed E-state index contributed by atoms with van der Waals surface area (Å²) in [4.78, 5) is 11.4. The first-order valence-corrected chi connectivity index (χ1v) is 9.22. The molecule has 1 aliphatic heterocycles. The van der Waals surface area contributed by atoms with E-state index in [2.05, 4.69) is 37.8 Å². The highest BCUT2D eigenvalue weighted by Crippen LogP contribution is 2.29. The van der Waals surface area contributed by atoms with Gasteiger partial charge in [0.05, 0.1) is 30.2 Å². The third kappa shape index (κ3) is 4.11. The zero-order valence-corrected chi connectivity index (χ0v) is 16.2. The number of aromatic nitrogens is 2. The summed E-state index contributed by atoms with van der Waals surface area (Å²) in [6.07, 6.45) is 3.22. The number of nitrogens with zero attached hydrogens (tertiary/aromatic N) is 3. The molecule has 3 aromatic rings. The Kier molecular flexibility index (Phi) is 5.24. The molecule has 4 rings (SSSR count). The number of benzene rings is 2. The molecule has 148 valence electrons. The molecule has 0 saturated heterocycles. The van der Waals surface area contributed by atoms with E-state index in [1.165, 1.54) is 5.56 Å². The van der Waals surface area contributed by atoms with Crippen LogP contribution in [-0.4, -0.2) is 48.3 Å². The smallest absolute Gasteiger partial charge is 0.257 e. The number of ether oxygens (including phenoxy) is 2. The van der Waals surface area contributed by atoms with E-state index in [0.29, 0.717) is 17.9 Å². The van der Waals surface area contributed by atoms with Crippen LogP contribution in [0.25, 0.3) is 10.9 Å². The van der Waals surface area contributed by atoms with Crippen LogP contribution in [0.15, 0.2) is 52.8 Å². The number of nitrogens with one attached hydrogen (secondary N) is 2. The predicted molar refractivity (Wildman–Crippen MR) is 111 cm³/mol. The molecular formula is C21H21N5O3. The molecule has 0 spiro atoms. The fourth-order valence-electron chi connectivity index (χ4n) is 3.17. The van der Waals surface area contributed by atoms with Crippen molar-refractivity contribution >= 4 is 28.2 Å². The molecule has 0 radical (unpaired) electrons. The fraction of sp³-hybridized carbons (Fsp3) is 0.238. The lowest BCUT2D eigenvalue weighted by Gasteiger charge is -2.11. The molecule has 8 nitrogen and oxygen atoms in total. The Labute approximate surface area is 167 Å². The van der Waals surface area contributed by atoms with Gasteiger partial charge in [-0.3, -0.25) is 9.89 Å². The zero-order valence-electron chi connectivity index (χ0n) is 16.2. The van der Waals surface area contributed by atoms with Crippen molar-refractivity contribution in [1.82, 2.24) is 15.5 Å². The van der Waals surface area contributed by atoms with Crippen molar-refractivity contribution in [2.75, 3.05) is 20.8 Å². The molecule has 1 aliphatic rings. The van der Waals surface area contributed by atoms with Crippen LogP contribution in [0.2, 0.25) is 0 Å². The average molecular weight is 391 g/mol. The lowest BCUT2D eigenvalue weighted by molar-refractivity contribution is -0.122. The maximum atomic E-state index is 11.4. The van der Waals surface area contributed by atoms with E-state index in [1.54, 1.807) is 20.2 Å². The molecule has 2 heterocycles. The minimum atomic E-state index is -0.206. The van der Waals surface area contributed by atoms with Gasteiger partial charge in [-0.2, -0.15) is 15.3 Å². The van der Waals surface area contributed by atoms with Gasteiger partial charge in [0.2, 0.25) is 0 Å². The molecule has 1 amide bonds. The van der Waals surface area contributed by atoms with Gasteiger partial charge in [-0.1, -0.05) is 6.07 Å². The van der Waals surface area contributed by atoms with Gasteiger partial charge >= 0.3 is 0 Å². The topological polar surface area (TPSA) is 101 Å². The molecule has 8 heteroatoms. The minimum Gasteiger partial charge on any atom is -0.493 e. The van der Waals surface area contributed by atoms with Gasteiger partial charge in [0.1, 0.15) is 0 Å². The Morgan fingerprint density at radius 2 is 2.07 bits per heavy atom. The number of methoxy groups -OCH3 is 1. The summed E-state index contributed by atoms with van der Waals surface area (Å²) in [5.41, 5.74) is 4.98. The Hall–Kier alpha value is -3.68. The van der Waals surface area contributed by atoms with Crippen molar-refractivity contribution in [3.63, 3.8) is 0 Å². The number of rotatable bonds is 7. The van der Waals surface area contributed by atoms with E-state index in [9.17, 15) is 4.79 Å². The van der Waals surface area contributed by atoms with E-state index in [1.807, 2.05) is 24.4 Å². The number of carbonyl (C=O) groups excluding carboxylic acids is 1. The minimum absolute atomic E-state index is 0.0680. The first kappa shape index (κ1) is 18.7. The standard InChI is InChI=1S/C21H21N5O3/c1-22-21(27)12-29-19-6-4-14(9-20(19)28-2)18-10-16(24-26-18)8-13-3-5-17-15(7-13)11-23-25-17/h3-7,9,11H,8,10,12H2,1-2H3,(H,22,27)(H,23,25). The largest absolute Gasteiger partial charge is 0.493 e. The van der Waals surface area contributed by atoms with Crippen molar-refractivity contribution in [3.8, 4) is 11.5 Å². The second-order valence-electron chi connectivity index (χ2n) is 6.69. The van der Waals surface area contributed by atoms with E-state index in [-0.39, 0.29) is 12.5 Å². The molecule has 0 bridgehead atoms. The van der Waals surface area contributed by atoms with Crippen molar-refractivity contribution in [3.05, 3.63) is 53.7 Å². The van der Waals surface area contributed by atoms with E-state index in [0.717, 1.165) is 34.3 Å². The number of likely N-dealkylation sites (N-methyl/N-ethyl adjacent to an activating group) is 1. The second-order valence-corrected chi connectivity index (χ2v) is 6.69. The third-order valence-electron chi connectivity index (χ3n) is 4.73. The van der Waals surface area contributed by atoms with Crippen LogP contribution in [0.4, 0.5) is 0 Å². The van der Waals surface area contributed by atoms with Gasteiger partial charge in [-0.15, -0.1) is 0 Å². The Balaban J connectivity index is 1.42. The van der Waals surface area contributed by atoms with Gasteiger partial charge in [0, 0.05) is 30.8 Å². The quantitative estimate of drug-likeness (QED) is 0.646. The van der Waals surface area contributed by atoms with Crippen LogP contribution in [0.5, 0.6) is 11.5 Å². The fourth-order valence-corrected chi connectivity index (χ4v) is 3.17. The first-order valence-electron chi connectivity index (χ1n) is 9.22. The molecule has 1 aromatic heterocycles. The summed E-state index contributed by atoms with van der Waals surface area (Å²) in [6, 6.07) is 11.7. The maximum Gasteiger partial charge on any atom is 0.257 e. The molecule has 0 aliphatic carbocycles. The zero-order chi connectivity index (χ0) is 20.2. The molecule has 2 aromatic carbocycles. The molecule has 0 fully saturated rings. The highest BCUT2D eigenvalue weighted by molar-refractivity contribution is 6.15. The highest BCUT2D eigenvalue weighted by Gasteiger charge is 2.17. The number of amides is 1. The van der Waals surface area contributed by atoms with Crippen molar-refractivity contribution in [2.24, 2.45) is 10.2 Å². The molecule has 0 unspecified atom stereocenters. The van der Waals surface area contributed by atoms with Crippen LogP contribution >= 0.6 is 0 Å². The van der Waals surface area contributed by atoms with Crippen molar-refractivity contribution in [1.29, 1.82) is 0 Å². The van der Waals surface area contributed by atoms with Crippen LogP contribution < -0.4 is 14.8 Å². The van der Waals surface area contributed by atoms with Crippen molar-refractivity contribution in [2.45, 2.75) is 12.8 Å². The summed E-state index contributed by atoms with van der Waals surface area (Å²) in [5.74, 6) is 0.851.